The van der Waals surface area contributed by atoms with Gasteiger partial charge in [0, 0.05) is 18.6 Å². The van der Waals surface area contributed by atoms with E-state index in [0.29, 0.717) is 0 Å². The van der Waals surface area contributed by atoms with Crippen LogP contribution in [0.25, 0.3) is 0 Å². The first-order valence-electron chi connectivity index (χ1n) is 6.88. The first-order chi connectivity index (χ1) is 7.42. The predicted octanol–water partition coefficient (Wildman–Crippen LogP) is 2.39. The molecular weight excluding hydrogens is 184 g/mol. The number of hydrogen-bond acceptors (Lipinski definition) is 2. The molecule has 2 heteroatoms. The third-order valence-corrected chi connectivity index (χ3v) is 4.16. The van der Waals surface area contributed by atoms with Gasteiger partial charge in [0.1, 0.15) is 0 Å². The Balaban J connectivity index is 1.91. The van der Waals surface area contributed by atoms with Crippen LogP contribution in [-0.4, -0.2) is 36.6 Å². The molecule has 1 unspecified atom stereocenters. The summed E-state index contributed by atoms with van der Waals surface area (Å²) < 4.78 is 0. The van der Waals surface area contributed by atoms with Gasteiger partial charge < -0.3 is 5.32 Å². The van der Waals surface area contributed by atoms with Crippen LogP contribution in [0.4, 0.5) is 0 Å². The number of rotatable bonds is 3. The normalized spacial score (nSPS) is 29.6. The average Bonchev–Trinajstić information content (AvgIpc) is 2.63. The largest absolute Gasteiger partial charge is 0.315 e. The highest BCUT2D eigenvalue weighted by Gasteiger charge is 2.27. The van der Waals surface area contributed by atoms with Crippen LogP contribution >= 0.6 is 0 Å². The molecule has 0 amide bonds. The lowest BCUT2D eigenvalue weighted by molar-refractivity contribution is 0.137. The van der Waals surface area contributed by atoms with E-state index in [1.165, 1.54) is 64.6 Å². The fraction of sp³-hybridized carbons (Fsp3) is 1.00. The summed E-state index contributed by atoms with van der Waals surface area (Å²) in [5, 5.41) is 3.50. The van der Waals surface area contributed by atoms with E-state index in [1.54, 1.807) is 0 Å². The maximum absolute atomic E-state index is 3.50. The summed E-state index contributed by atoms with van der Waals surface area (Å²) in [6, 6.07) is 1.72. The zero-order chi connectivity index (χ0) is 10.5. The Morgan fingerprint density at radius 3 is 2.27 bits per heavy atom. The van der Waals surface area contributed by atoms with Crippen LogP contribution in [0.2, 0.25) is 0 Å². The number of likely N-dealkylation sites (N-methyl/N-ethyl adjacent to an activating group) is 1. The van der Waals surface area contributed by atoms with Crippen LogP contribution in [0, 0.1) is 0 Å². The van der Waals surface area contributed by atoms with Gasteiger partial charge in [0.2, 0.25) is 0 Å². The Morgan fingerprint density at radius 1 is 1.00 bits per heavy atom. The molecule has 1 N–H and O–H groups in total. The number of nitrogens with zero attached hydrogens (tertiary/aromatic N) is 1. The van der Waals surface area contributed by atoms with E-state index in [9.17, 15) is 0 Å². The molecule has 1 aliphatic carbocycles. The maximum Gasteiger partial charge on any atom is 0.0235 e. The van der Waals surface area contributed by atoms with Crippen LogP contribution in [0.15, 0.2) is 0 Å². The van der Waals surface area contributed by atoms with Crippen molar-refractivity contribution >= 4 is 0 Å². The highest BCUT2D eigenvalue weighted by Crippen LogP contribution is 2.24. The molecule has 2 rings (SSSR count). The van der Waals surface area contributed by atoms with Gasteiger partial charge in [0.05, 0.1) is 0 Å². The second-order valence-corrected chi connectivity index (χ2v) is 5.12. The van der Waals surface area contributed by atoms with Gasteiger partial charge in [0.25, 0.3) is 0 Å². The van der Waals surface area contributed by atoms with Gasteiger partial charge in [-0.2, -0.15) is 0 Å². The fourth-order valence-electron chi connectivity index (χ4n) is 3.33. The van der Waals surface area contributed by atoms with Gasteiger partial charge in [-0.1, -0.05) is 32.6 Å². The molecule has 88 valence electrons. The summed E-state index contributed by atoms with van der Waals surface area (Å²) >= 11 is 0. The zero-order valence-electron chi connectivity index (χ0n) is 10.2. The van der Waals surface area contributed by atoms with Gasteiger partial charge in [-0.15, -0.1) is 0 Å². The minimum atomic E-state index is 0.832. The summed E-state index contributed by atoms with van der Waals surface area (Å²) in [4.78, 5) is 2.78. The van der Waals surface area contributed by atoms with Crippen LogP contribution in [0.3, 0.4) is 0 Å². The maximum atomic E-state index is 3.50. The van der Waals surface area contributed by atoms with E-state index < -0.39 is 0 Å². The molecule has 1 saturated heterocycles. The molecule has 0 spiro atoms. The van der Waals surface area contributed by atoms with Gasteiger partial charge in [0.15, 0.2) is 0 Å². The second kappa shape index (κ2) is 5.86. The standard InChI is InChI=1S/C13H26N2/c1-2-15(13-9-10-14-11-13)12-7-5-3-4-6-8-12/h12-14H,2-11H2,1H3. The Hall–Kier alpha value is -0.0800. The molecule has 1 aliphatic heterocycles. The third-order valence-electron chi connectivity index (χ3n) is 4.16. The van der Waals surface area contributed by atoms with Crippen molar-refractivity contribution in [2.24, 2.45) is 0 Å². The summed E-state index contributed by atoms with van der Waals surface area (Å²) in [7, 11) is 0. The van der Waals surface area contributed by atoms with E-state index in [1.807, 2.05) is 0 Å². The van der Waals surface area contributed by atoms with E-state index in [2.05, 4.69) is 17.1 Å². The quantitative estimate of drug-likeness (QED) is 0.720. The minimum Gasteiger partial charge on any atom is -0.315 e. The summed E-state index contributed by atoms with van der Waals surface area (Å²) in [6.45, 7) is 6.04. The molecule has 0 aromatic heterocycles. The van der Waals surface area contributed by atoms with Crippen molar-refractivity contribution in [2.75, 3.05) is 19.6 Å². The zero-order valence-corrected chi connectivity index (χ0v) is 10.2. The van der Waals surface area contributed by atoms with Gasteiger partial charge >= 0.3 is 0 Å². The molecule has 2 nitrogen and oxygen atoms in total. The van der Waals surface area contributed by atoms with Gasteiger partial charge in [-0.3, -0.25) is 4.90 Å². The van der Waals surface area contributed by atoms with Crippen LogP contribution < -0.4 is 5.32 Å². The first-order valence-corrected chi connectivity index (χ1v) is 6.88. The van der Waals surface area contributed by atoms with E-state index in [0.717, 1.165) is 12.1 Å². The Labute approximate surface area is 94.4 Å². The molecular formula is C13H26N2. The molecule has 2 aliphatic rings. The molecule has 1 atom stereocenters. The lowest BCUT2D eigenvalue weighted by Gasteiger charge is -2.34. The number of nitrogens with one attached hydrogen (secondary N) is 1. The van der Waals surface area contributed by atoms with Crippen LogP contribution in [0.1, 0.15) is 51.9 Å². The highest BCUT2D eigenvalue weighted by molar-refractivity contribution is 4.85. The van der Waals surface area contributed by atoms with Crippen molar-refractivity contribution in [3.8, 4) is 0 Å². The molecule has 1 saturated carbocycles. The average molecular weight is 210 g/mol. The Bertz CT molecular complexity index is 167. The van der Waals surface area contributed by atoms with E-state index in [4.69, 9.17) is 0 Å². The van der Waals surface area contributed by atoms with Crippen molar-refractivity contribution in [2.45, 2.75) is 64.0 Å². The fourth-order valence-corrected chi connectivity index (χ4v) is 3.33. The molecule has 2 fully saturated rings. The molecule has 0 bridgehead atoms. The topological polar surface area (TPSA) is 15.3 Å². The van der Waals surface area contributed by atoms with Gasteiger partial charge in [-0.25, -0.2) is 0 Å². The van der Waals surface area contributed by atoms with Crippen LogP contribution in [-0.2, 0) is 0 Å². The summed E-state index contributed by atoms with van der Waals surface area (Å²) in [6.07, 6.45) is 10.1. The predicted molar refractivity (Wildman–Crippen MR) is 65.1 cm³/mol. The SMILES string of the molecule is CCN(C1CCCCCC1)C1CCNC1. The van der Waals surface area contributed by atoms with Crippen molar-refractivity contribution in [3.63, 3.8) is 0 Å². The van der Waals surface area contributed by atoms with Gasteiger partial charge in [-0.05, 0) is 32.4 Å². The van der Waals surface area contributed by atoms with Crippen molar-refractivity contribution in [1.29, 1.82) is 0 Å². The number of hydrogen-bond donors (Lipinski definition) is 1. The van der Waals surface area contributed by atoms with E-state index in [-0.39, 0.29) is 0 Å². The molecule has 0 aromatic rings. The van der Waals surface area contributed by atoms with Crippen molar-refractivity contribution < 1.29 is 0 Å². The lowest BCUT2D eigenvalue weighted by atomic mass is 10.0. The monoisotopic (exact) mass is 210 g/mol. The Morgan fingerprint density at radius 2 is 1.73 bits per heavy atom. The van der Waals surface area contributed by atoms with Crippen molar-refractivity contribution in [1.82, 2.24) is 10.2 Å². The highest BCUT2D eigenvalue weighted by atomic mass is 15.2. The first kappa shape index (κ1) is 11.4. The van der Waals surface area contributed by atoms with Crippen LogP contribution in [0.5, 0.6) is 0 Å². The Kier molecular flexibility index (Phi) is 4.45. The molecule has 1 heterocycles. The third kappa shape index (κ3) is 2.94. The molecule has 15 heavy (non-hydrogen) atoms. The molecule has 0 radical (unpaired) electrons. The second-order valence-electron chi connectivity index (χ2n) is 5.12. The van der Waals surface area contributed by atoms with E-state index >= 15 is 0 Å². The lowest BCUT2D eigenvalue weighted by Crippen LogP contribution is -2.44. The minimum absolute atomic E-state index is 0.832. The molecule has 0 aromatic carbocycles. The summed E-state index contributed by atoms with van der Waals surface area (Å²) in [5.41, 5.74) is 0. The smallest absolute Gasteiger partial charge is 0.0235 e. The summed E-state index contributed by atoms with van der Waals surface area (Å²) in [5.74, 6) is 0. The van der Waals surface area contributed by atoms with Crippen molar-refractivity contribution in [3.05, 3.63) is 0 Å².